The largest absolute Gasteiger partial charge is 0.501 e. The molecule has 0 aliphatic rings. The minimum absolute atomic E-state index is 0.187. The second kappa shape index (κ2) is 13.2. The van der Waals surface area contributed by atoms with Crippen molar-refractivity contribution in [2.75, 3.05) is 14.2 Å². The number of ether oxygens (including phenoxy) is 2. The summed E-state index contributed by atoms with van der Waals surface area (Å²) < 4.78 is 10.9. The lowest BCUT2D eigenvalue weighted by molar-refractivity contribution is -0.113. The summed E-state index contributed by atoms with van der Waals surface area (Å²) in [6.45, 7) is 8.37. The molecular formula is C25H33N3O3S2. The van der Waals surface area contributed by atoms with Crippen molar-refractivity contribution in [1.82, 2.24) is 9.97 Å². The summed E-state index contributed by atoms with van der Waals surface area (Å²) in [7, 11) is 3.12. The lowest BCUT2D eigenvalue weighted by Gasteiger charge is -2.21. The monoisotopic (exact) mass is 487 g/mol. The molecule has 0 aromatic carbocycles. The van der Waals surface area contributed by atoms with Crippen LogP contribution in [-0.2, 0) is 14.3 Å². The SMILES string of the molecule is CO/C(=C\C(N)=O)[C@H](C)[C@H](/C=C/c1csc(-c2csc([C@@H](C)/C=C\C=C\C(C)C)n2)n1)OC. The lowest BCUT2D eigenvalue weighted by atomic mass is 10.0. The molecule has 0 radical (unpaired) electrons. The van der Waals surface area contributed by atoms with Crippen LogP contribution in [0.3, 0.4) is 0 Å². The Bertz CT molecular complexity index is 1020. The van der Waals surface area contributed by atoms with E-state index in [4.69, 9.17) is 25.2 Å². The third-order valence-corrected chi connectivity index (χ3v) is 6.78. The molecule has 2 aromatic rings. The molecule has 8 heteroatoms. The Kier molecular flexibility index (Phi) is 10.7. The van der Waals surface area contributed by atoms with Gasteiger partial charge in [-0.05, 0) is 12.0 Å². The van der Waals surface area contributed by atoms with Gasteiger partial charge in [0.2, 0.25) is 5.91 Å². The number of nitrogens with two attached hydrogens (primary N) is 1. The summed E-state index contributed by atoms with van der Waals surface area (Å²) in [6.07, 6.45) is 13.3. The Hall–Kier alpha value is -2.55. The van der Waals surface area contributed by atoms with Crippen molar-refractivity contribution in [1.29, 1.82) is 0 Å². The molecule has 0 saturated heterocycles. The summed E-state index contributed by atoms with van der Waals surface area (Å²) in [6, 6.07) is 0. The Morgan fingerprint density at radius 1 is 1.03 bits per heavy atom. The predicted molar refractivity (Wildman–Crippen MR) is 138 cm³/mol. The maximum absolute atomic E-state index is 11.2. The van der Waals surface area contributed by atoms with Crippen LogP contribution < -0.4 is 5.73 Å². The van der Waals surface area contributed by atoms with Gasteiger partial charge in [0.25, 0.3) is 0 Å². The molecule has 0 unspecified atom stereocenters. The topological polar surface area (TPSA) is 87.3 Å². The van der Waals surface area contributed by atoms with Crippen LogP contribution in [0.25, 0.3) is 16.8 Å². The van der Waals surface area contributed by atoms with Crippen LogP contribution in [0.2, 0.25) is 0 Å². The Morgan fingerprint density at radius 2 is 1.76 bits per heavy atom. The Morgan fingerprint density at radius 3 is 2.39 bits per heavy atom. The molecule has 0 aliphatic heterocycles. The minimum Gasteiger partial charge on any atom is -0.501 e. The number of primary amides is 1. The summed E-state index contributed by atoms with van der Waals surface area (Å²) in [5, 5.41) is 5.98. The fraction of sp³-hybridized carbons (Fsp3) is 0.400. The van der Waals surface area contributed by atoms with Crippen molar-refractivity contribution < 1.29 is 14.3 Å². The number of aromatic nitrogens is 2. The Balaban J connectivity index is 2.09. The predicted octanol–water partition coefficient (Wildman–Crippen LogP) is 5.82. The van der Waals surface area contributed by atoms with Gasteiger partial charge >= 0.3 is 0 Å². The lowest BCUT2D eigenvalue weighted by Crippen LogP contribution is -2.22. The van der Waals surface area contributed by atoms with E-state index in [2.05, 4.69) is 50.5 Å². The first-order valence-corrected chi connectivity index (χ1v) is 12.5. The number of hydrogen-bond donors (Lipinski definition) is 1. The van der Waals surface area contributed by atoms with E-state index in [9.17, 15) is 4.79 Å². The summed E-state index contributed by atoms with van der Waals surface area (Å²) >= 11 is 3.20. The molecule has 0 aliphatic carbocycles. The minimum atomic E-state index is -0.555. The third-order valence-electron chi connectivity index (χ3n) is 4.85. The molecule has 2 aromatic heterocycles. The third kappa shape index (κ3) is 8.38. The maximum atomic E-state index is 11.2. The van der Waals surface area contributed by atoms with Crippen LogP contribution in [0.5, 0.6) is 0 Å². The molecule has 2 rings (SSSR count). The van der Waals surface area contributed by atoms with Gasteiger partial charge < -0.3 is 15.2 Å². The number of rotatable bonds is 12. The zero-order valence-electron chi connectivity index (χ0n) is 20.0. The number of carbonyl (C=O) groups excluding carboxylic acids is 1. The van der Waals surface area contributed by atoms with Crippen molar-refractivity contribution >= 4 is 34.7 Å². The molecule has 0 saturated carbocycles. The number of amides is 1. The molecule has 0 bridgehead atoms. The van der Waals surface area contributed by atoms with Crippen molar-refractivity contribution in [3.05, 3.63) is 63.7 Å². The van der Waals surface area contributed by atoms with Crippen molar-refractivity contribution in [2.45, 2.75) is 39.7 Å². The first-order valence-electron chi connectivity index (χ1n) is 10.8. The number of allylic oxidation sites excluding steroid dienone is 4. The summed E-state index contributed by atoms with van der Waals surface area (Å²) in [4.78, 5) is 20.7. The van der Waals surface area contributed by atoms with E-state index in [1.807, 2.05) is 24.5 Å². The van der Waals surface area contributed by atoms with Crippen LogP contribution in [0, 0.1) is 11.8 Å². The number of nitrogens with zero attached hydrogens (tertiary/aromatic N) is 2. The van der Waals surface area contributed by atoms with Crippen molar-refractivity contribution in [3.63, 3.8) is 0 Å². The van der Waals surface area contributed by atoms with Crippen molar-refractivity contribution in [2.24, 2.45) is 17.6 Å². The van der Waals surface area contributed by atoms with Gasteiger partial charge in [0.15, 0.2) is 0 Å². The maximum Gasteiger partial charge on any atom is 0.244 e. The number of thiazole rings is 2. The summed E-state index contributed by atoms with van der Waals surface area (Å²) in [5.41, 5.74) is 6.97. The van der Waals surface area contributed by atoms with Crippen LogP contribution in [0.15, 0.2) is 53.0 Å². The van der Waals surface area contributed by atoms with Gasteiger partial charge in [-0.15, -0.1) is 22.7 Å². The average molecular weight is 488 g/mol. The molecule has 3 atom stereocenters. The van der Waals surface area contributed by atoms with Crippen LogP contribution >= 0.6 is 22.7 Å². The molecule has 0 spiro atoms. The van der Waals surface area contributed by atoms with E-state index < -0.39 is 5.91 Å². The molecular weight excluding hydrogens is 454 g/mol. The zero-order chi connectivity index (χ0) is 24.4. The van der Waals surface area contributed by atoms with Crippen LogP contribution in [-0.4, -0.2) is 36.2 Å². The first-order chi connectivity index (χ1) is 15.7. The average Bonchev–Trinajstić information content (AvgIpc) is 3.44. The van der Waals surface area contributed by atoms with E-state index >= 15 is 0 Å². The quantitative estimate of drug-likeness (QED) is 0.232. The highest BCUT2D eigenvalue weighted by molar-refractivity contribution is 7.14. The molecule has 2 N–H and O–H groups in total. The second-order valence-electron chi connectivity index (χ2n) is 7.95. The Labute approximate surface area is 204 Å². The van der Waals surface area contributed by atoms with Gasteiger partial charge in [-0.1, -0.05) is 58.1 Å². The highest BCUT2D eigenvalue weighted by atomic mass is 32.1. The molecule has 2 heterocycles. The van der Waals surface area contributed by atoms with E-state index in [1.165, 1.54) is 13.2 Å². The second-order valence-corrected chi connectivity index (χ2v) is 9.70. The number of carbonyl (C=O) groups is 1. The molecule has 1 amide bonds. The van der Waals surface area contributed by atoms with Crippen LogP contribution in [0.1, 0.15) is 44.3 Å². The van der Waals surface area contributed by atoms with E-state index in [0.717, 1.165) is 21.4 Å². The zero-order valence-corrected chi connectivity index (χ0v) is 21.7. The first kappa shape index (κ1) is 26.7. The molecule has 33 heavy (non-hydrogen) atoms. The van der Waals surface area contributed by atoms with Gasteiger partial charge in [0.1, 0.15) is 16.5 Å². The van der Waals surface area contributed by atoms with E-state index in [1.54, 1.807) is 29.8 Å². The fourth-order valence-corrected chi connectivity index (χ4v) is 4.66. The van der Waals surface area contributed by atoms with Gasteiger partial charge in [-0.25, -0.2) is 9.97 Å². The highest BCUT2D eigenvalue weighted by Crippen LogP contribution is 2.29. The van der Waals surface area contributed by atoms with Gasteiger partial charge in [0.05, 0.1) is 23.9 Å². The van der Waals surface area contributed by atoms with Crippen molar-refractivity contribution in [3.8, 4) is 10.7 Å². The van der Waals surface area contributed by atoms with E-state index in [-0.39, 0.29) is 17.9 Å². The van der Waals surface area contributed by atoms with Gasteiger partial charge in [0, 0.05) is 35.8 Å². The normalized spacial score (nSPS) is 15.7. The van der Waals surface area contributed by atoms with E-state index in [0.29, 0.717) is 11.7 Å². The molecule has 6 nitrogen and oxygen atoms in total. The molecule has 178 valence electrons. The molecule has 0 fully saturated rings. The fourth-order valence-electron chi connectivity index (χ4n) is 3.00. The number of hydrogen-bond acceptors (Lipinski definition) is 7. The van der Waals surface area contributed by atoms with Gasteiger partial charge in [-0.2, -0.15) is 0 Å². The van der Waals surface area contributed by atoms with Gasteiger partial charge in [-0.3, -0.25) is 4.79 Å². The summed E-state index contributed by atoms with van der Waals surface area (Å²) in [5.74, 6) is 0.512. The van der Waals surface area contributed by atoms with Crippen LogP contribution in [0.4, 0.5) is 0 Å². The highest BCUT2D eigenvalue weighted by Gasteiger charge is 2.20. The standard InChI is InChI=1S/C25H33N3O3S2/c1-16(2)9-7-8-10-17(3)24-28-20(15-33-24)25-27-19(14-32-25)11-12-21(30-5)18(4)22(31-6)13-23(26)29/h7-18,21H,1-6H3,(H2,26,29)/b9-7+,10-8-,12-11+,22-13-/t17-,18+,21-/m0/s1. The number of methoxy groups -OCH3 is 2. The smallest absolute Gasteiger partial charge is 0.244 e.